The molecule has 0 aliphatic carbocycles. The molecule has 33 heavy (non-hydrogen) atoms. The zero-order valence-corrected chi connectivity index (χ0v) is 19.2. The summed E-state index contributed by atoms with van der Waals surface area (Å²) < 4.78 is 0. The van der Waals surface area contributed by atoms with Gasteiger partial charge in [-0.2, -0.15) is 5.26 Å². The molecule has 4 aromatic rings. The van der Waals surface area contributed by atoms with Crippen LogP contribution in [-0.4, -0.2) is 27.0 Å². The van der Waals surface area contributed by atoms with Crippen LogP contribution in [0, 0.1) is 11.3 Å². The number of fused-ring (bicyclic) bond motifs is 1. The summed E-state index contributed by atoms with van der Waals surface area (Å²) in [5.41, 5.74) is 3.00. The molecule has 1 unspecified atom stereocenters. The smallest absolute Gasteiger partial charge is 0.247 e. The number of amides is 2. The number of nitriles is 1. The van der Waals surface area contributed by atoms with Gasteiger partial charge < -0.3 is 4.98 Å². The number of pyridine rings is 1. The van der Waals surface area contributed by atoms with Crippen LogP contribution in [0.1, 0.15) is 12.0 Å². The second-order valence-electron chi connectivity index (χ2n) is 7.42. The van der Waals surface area contributed by atoms with Crippen LogP contribution in [0.15, 0.2) is 65.8 Å². The largest absolute Gasteiger partial charge is 0.361 e. The minimum Gasteiger partial charge on any atom is -0.361 e. The average molecular weight is 493 g/mol. The number of rotatable bonds is 4. The summed E-state index contributed by atoms with van der Waals surface area (Å²) in [6.07, 6.45) is 1.83. The molecule has 0 radical (unpaired) electrons. The number of aromatic nitrogens is 2. The Morgan fingerprint density at radius 1 is 1.06 bits per heavy atom. The van der Waals surface area contributed by atoms with E-state index in [9.17, 15) is 14.9 Å². The van der Waals surface area contributed by atoms with Gasteiger partial charge in [-0.25, -0.2) is 9.88 Å². The molecule has 9 heteroatoms. The summed E-state index contributed by atoms with van der Waals surface area (Å²) in [4.78, 5) is 34.8. The number of imide groups is 1. The summed E-state index contributed by atoms with van der Waals surface area (Å²) in [7, 11) is 0. The van der Waals surface area contributed by atoms with Crippen molar-refractivity contribution in [2.45, 2.75) is 16.7 Å². The average Bonchev–Trinajstić information content (AvgIpc) is 3.38. The standard InChI is InChI=1S/C24H14Cl2N4O2S/c25-17-5-2-14(9-18(17)26)19-6-3-15(12-27)23(29-19)33-21-11-22(31)30(24(21)32)16-4-1-13-7-8-28-20(13)10-16/h1-10,21,28H,11H2. The maximum Gasteiger partial charge on any atom is 0.247 e. The molecule has 0 spiro atoms. The molecule has 5 rings (SSSR count). The number of aromatic amines is 1. The lowest BCUT2D eigenvalue weighted by molar-refractivity contribution is -0.121. The van der Waals surface area contributed by atoms with Crippen molar-refractivity contribution in [1.29, 1.82) is 5.26 Å². The number of H-pyrrole nitrogens is 1. The summed E-state index contributed by atoms with van der Waals surface area (Å²) in [5, 5.41) is 11.1. The summed E-state index contributed by atoms with van der Waals surface area (Å²) in [5.74, 6) is -0.621. The van der Waals surface area contributed by atoms with E-state index in [-0.39, 0.29) is 18.2 Å². The van der Waals surface area contributed by atoms with Crippen molar-refractivity contribution < 1.29 is 9.59 Å². The Labute approximate surface area is 203 Å². The zero-order valence-electron chi connectivity index (χ0n) is 16.9. The van der Waals surface area contributed by atoms with E-state index >= 15 is 0 Å². The minimum atomic E-state index is -0.680. The number of carbonyl (C=O) groups excluding carboxylic acids is 2. The Morgan fingerprint density at radius 3 is 2.70 bits per heavy atom. The van der Waals surface area contributed by atoms with E-state index in [1.807, 2.05) is 12.1 Å². The van der Waals surface area contributed by atoms with E-state index < -0.39 is 5.25 Å². The molecule has 1 fully saturated rings. The van der Waals surface area contributed by atoms with E-state index in [4.69, 9.17) is 23.2 Å². The normalized spacial score (nSPS) is 15.9. The number of nitrogens with zero attached hydrogens (tertiary/aromatic N) is 3. The second-order valence-corrected chi connectivity index (χ2v) is 9.42. The Hall–Kier alpha value is -3.31. The van der Waals surface area contributed by atoms with Crippen LogP contribution in [0.25, 0.3) is 22.2 Å². The number of hydrogen-bond acceptors (Lipinski definition) is 5. The van der Waals surface area contributed by atoms with Gasteiger partial charge in [0.1, 0.15) is 11.1 Å². The predicted octanol–water partition coefficient (Wildman–Crippen LogP) is 5.83. The molecule has 1 aliphatic rings. The van der Waals surface area contributed by atoms with Crippen molar-refractivity contribution in [3.05, 3.63) is 76.4 Å². The van der Waals surface area contributed by atoms with Crippen LogP contribution in [0.4, 0.5) is 5.69 Å². The summed E-state index contributed by atoms with van der Waals surface area (Å²) in [6.45, 7) is 0. The van der Waals surface area contributed by atoms with Crippen LogP contribution < -0.4 is 4.90 Å². The van der Waals surface area contributed by atoms with Gasteiger partial charge in [0.05, 0.1) is 32.2 Å². The SMILES string of the molecule is N#Cc1ccc(-c2ccc(Cl)c(Cl)c2)nc1SC1CC(=O)N(c2ccc3cc[nH]c3c2)C1=O. The minimum absolute atomic E-state index is 0.0236. The van der Waals surface area contributed by atoms with Crippen molar-refractivity contribution in [1.82, 2.24) is 9.97 Å². The maximum atomic E-state index is 13.2. The van der Waals surface area contributed by atoms with E-state index in [0.29, 0.717) is 32.0 Å². The van der Waals surface area contributed by atoms with Crippen molar-refractivity contribution in [3.8, 4) is 17.3 Å². The fourth-order valence-electron chi connectivity index (χ4n) is 3.71. The van der Waals surface area contributed by atoms with Gasteiger partial charge in [-0.1, -0.05) is 47.1 Å². The quantitative estimate of drug-likeness (QED) is 0.361. The van der Waals surface area contributed by atoms with E-state index in [1.54, 1.807) is 48.7 Å². The van der Waals surface area contributed by atoms with Crippen molar-refractivity contribution in [2.24, 2.45) is 0 Å². The lowest BCUT2D eigenvalue weighted by Crippen LogP contribution is -2.31. The van der Waals surface area contributed by atoms with Gasteiger partial charge in [0, 0.05) is 23.7 Å². The number of thioether (sulfide) groups is 1. The van der Waals surface area contributed by atoms with Gasteiger partial charge >= 0.3 is 0 Å². The third-order valence-corrected chi connectivity index (χ3v) is 7.28. The van der Waals surface area contributed by atoms with Crippen LogP contribution in [0.3, 0.4) is 0 Å². The van der Waals surface area contributed by atoms with Crippen LogP contribution in [-0.2, 0) is 9.59 Å². The maximum absolute atomic E-state index is 13.2. The van der Waals surface area contributed by atoms with Gasteiger partial charge in [-0.15, -0.1) is 0 Å². The van der Waals surface area contributed by atoms with Gasteiger partial charge in [0.25, 0.3) is 0 Å². The lowest BCUT2D eigenvalue weighted by Gasteiger charge is -2.15. The number of nitrogens with one attached hydrogen (secondary N) is 1. The van der Waals surface area contributed by atoms with Gasteiger partial charge in [0.2, 0.25) is 11.8 Å². The molecular weight excluding hydrogens is 479 g/mol. The molecule has 1 aliphatic heterocycles. The first-order chi connectivity index (χ1) is 15.9. The number of anilines is 1. The fraction of sp³-hybridized carbons (Fsp3) is 0.0833. The Morgan fingerprint density at radius 2 is 1.91 bits per heavy atom. The number of hydrogen-bond donors (Lipinski definition) is 1. The fourth-order valence-corrected chi connectivity index (χ4v) is 5.10. The predicted molar refractivity (Wildman–Crippen MR) is 129 cm³/mol. The van der Waals surface area contributed by atoms with Crippen molar-refractivity contribution in [3.63, 3.8) is 0 Å². The zero-order chi connectivity index (χ0) is 23.1. The van der Waals surface area contributed by atoms with Crippen LogP contribution in [0.5, 0.6) is 0 Å². The number of carbonyl (C=O) groups is 2. The molecule has 1 N–H and O–H groups in total. The Kier molecular flexibility index (Phi) is 5.59. The van der Waals surface area contributed by atoms with Crippen molar-refractivity contribution >= 4 is 63.4 Å². The first-order valence-corrected chi connectivity index (χ1v) is 11.6. The van der Waals surface area contributed by atoms with Gasteiger partial charge in [-0.05, 0) is 47.9 Å². The van der Waals surface area contributed by atoms with E-state index in [1.165, 1.54) is 4.90 Å². The highest BCUT2D eigenvalue weighted by molar-refractivity contribution is 8.00. The Bertz CT molecular complexity index is 1480. The third-order valence-electron chi connectivity index (χ3n) is 5.35. The van der Waals surface area contributed by atoms with Gasteiger partial charge in [0.15, 0.2) is 0 Å². The molecule has 2 amide bonds. The Balaban J connectivity index is 1.44. The molecule has 2 aromatic heterocycles. The molecule has 0 bridgehead atoms. The van der Waals surface area contributed by atoms with Crippen LogP contribution >= 0.6 is 35.0 Å². The molecule has 3 heterocycles. The first kappa shape index (κ1) is 21.5. The second kappa shape index (κ2) is 8.56. The third kappa shape index (κ3) is 3.98. The molecule has 1 saturated heterocycles. The van der Waals surface area contributed by atoms with Gasteiger partial charge in [-0.3, -0.25) is 9.59 Å². The highest BCUT2D eigenvalue weighted by Crippen LogP contribution is 2.36. The highest BCUT2D eigenvalue weighted by Gasteiger charge is 2.41. The molecule has 0 saturated carbocycles. The number of benzene rings is 2. The lowest BCUT2D eigenvalue weighted by atomic mass is 10.1. The molecule has 2 aromatic carbocycles. The molecule has 6 nitrogen and oxygen atoms in total. The van der Waals surface area contributed by atoms with Crippen LogP contribution in [0.2, 0.25) is 10.0 Å². The molecule has 1 atom stereocenters. The van der Waals surface area contributed by atoms with E-state index in [0.717, 1.165) is 28.2 Å². The topological polar surface area (TPSA) is 89.8 Å². The first-order valence-electron chi connectivity index (χ1n) is 9.92. The molecular formula is C24H14Cl2N4O2S. The summed E-state index contributed by atoms with van der Waals surface area (Å²) in [6, 6.07) is 17.9. The monoisotopic (exact) mass is 492 g/mol. The van der Waals surface area contributed by atoms with E-state index in [2.05, 4.69) is 16.0 Å². The molecule has 162 valence electrons. The van der Waals surface area contributed by atoms with Crippen molar-refractivity contribution in [2.75, 3.05) is 4.90 Å². The number of halogens is 2. The highest BCUT2D eigenvalue weighted by atomic mass is 35.5. The summed E-state index contributed by atoms with van der Waals surface area (Å²) >= 11 is 13.3.